The molecule has 0 saturated heterocycles. The van der Waals surface area contributed by atoms with E-state index < -0.39 is 46.8 Å². The summed E-state index contributed by atoms with van der Waals surface area (Å²) in [7, 11) is 0.730. The van der Waals surface area contributed by atoms with E-state index in [-0.39, 0.29) is 0 Å². The highest BCUT2D eigenvalue weighted by atomic mass is 19.4. The highest BCUT2D eigenvalue weighted by Crippen LogP contribution is 2.53. The SMILES string of the molecule is COC(=O)c1ccccc1C(=O)C(F)(F)C(F)(F)C(F)(F)C(F)(F)F. The minimum absolute atomic E-state index is 0.379. The van der Waals surface area contributed by atoms with Gasteiger partial charge in [0, 0.05) is 5.56 Å². The van der Waals surface area contributed by atoms with Crippen LogP contribution in [0.3, 0.4) is 0 Å². The van der Waals surface area contributed by atoms with Crippen LogP contribution in [0, 0.1) is 0 Å². The molecular weight excluding hydrogens is 375 g/mol. The Hall–Kier alpha value is -2.27. The second kappa shape index (κ2) is 6.23. The first kappa shape index (κ1) is 20.8. The molecule has 0 aliphatic heterocycles. The maximum absolute atomic E-state index is 13.6. The summed E-state index contributed by atoms with van der Waals surface area (Å²) in [6, 6.07) is 2.83. The van der Waals surface area contributed by atoms with Crippen molar-refractivity contribution in [3.8, 4) is 0 Å². The van der Waals surface area contributed by atoms with E-state index in [4.69, 9.17) is 0 Å². The molecule has 3 nitrogen and oxygen atoms in total. The first-order valence-electron chi connectivity index (χ1n) is 6.05. The molecule has 0 saturated carbocycles. The van der Waals surface area contributed by atoms with Gasteiger partial charge in [-0.25, -0.2) is 4.79 Å². The van der Waals surface area contributed by atoms with Crippen molar-refractivity contribution < 1.29 is 53.8 Å². The normalized spacial score (nSPS) is 13.5. The van der Waals surface area contributed by atoms with Crippen LogP contribution in [-0.2, 0) is 4.74 Å². The Morgan fingerprint density at radius 3 is 1.64 bits per heavy atom. The van der Waals surface area contributed by atoms with Crippen LogP contribution in [0.1, 0.15) is 20.7 Å². The van der Waals surface area contributed by atoms with Crippen molar-refractivity contribution in [3.05, 3.63) is 35.4 Å². The molecule has 1 rings (SSSR count). The van der Waals surface area contributed by atoms with Gasteiger partial charge in [-0.2, -0.15) is 39.5 Å². The minimum Gasteiger partial charge on any atom is -0.465 e. The number of hydrogen-bond acceptors (Lipinski definition) is 3. The lowest BCUT2D eigenvalue weighted by Gasteiger charge is -2.32. The maximum Gasteiger partial charge on any atom is 0.460 e. The third kappa shape index (κ3) is 3.16. The third-order valence-corrected chi connectivity index (χ3v) is 3.01. The van der Waals surface area contributed by atoms with Gasteiger partial charge in [-0.3, -0.25) is 4.79 Å². The average molecular weight is 382 g/mol. The van der Waals surface area contributed by atoms with Crippen molar-refractivity contribution in [1.82, 2.24) is 0 Å². The van der Waals surface area contributed by atoms with E-state index in [0.717, 1.165) is 19.2 Å². The predicted molar refractivity (Wildman–Crippen MR) is 63.0 cm³/mol. The fraction of sp³-hybridized carbons (Fsp3) is 0.385. The Kier molecular flexibility index (Phi) is 5.17. The lowest BCUT2D eigenvalue weighted by molar-refractivity contribution is -0.386. The predicted octanol–water partition coefficient (Wildman–Crippen LogP) is 4.12. The fourth-order valence-electron chi connectivity index (χ4n) is 1.66. The molecule has 0 aromatic heterocycles. The number of rotatable bonds is 5. The Morgan fingerprint density at radius 2 is 1.24 bits per heavy atom. The largest absolute Gasteiger partial charge is 0.465 e. The molecule has 0 N–H and O–H groups in total. The molecule has 1 aromatic carbocycles. The van der Waals surface area contributed by atoms with Gasteiger partial charge < -0.3 is 4.74 Å². The number of ketones is 1. The number of halogens is 9. The lowest BCUT2D eigenvalue weighted by Crippen LogP contribution is -2.63. The van der Waals surface area contributed by atoms with E-state index in [1.165, 1.54) is 0 Å². The van der Waals surface area contributed by atoms with Crippen molar-refractivity contribution in [2.45, 2.75) is 23.9 Å². The van der Waals surface area contributed by atoms with E-state index in [9.17, 15) is 49.1 Å². The highest BCUT2D eigenvalue weighted by molar-refractivity contribution is 6.09. The molecular formula is C13H7F9O3. The number of esters is 1. The molecule has 0 radical (unpaired) electrons. The molecule has 0 unspecified atom stereocenters. The van der Waals surface area contributed by atoms with Gasteiger partial charge in [0.25, 0.3) is 0 Å². The maximum atomic E-state index is 13.6. The number of ether oxygens (including phenoxy) is 1. The molecule has 0 bridgehead atoms. The standard InChI is InChI=1S/C13H7F9O3/c1-25-9(24)7-5-3-2-4-6(7)8(23)10(14,15)11(16,17)12(18,19)13(20,21)22/h2-5H,1H3. The molecule has 25 heavy (non-hydrogen) atoms. The first-order chi connectivity index (χ1) is 11.1. The average Bonchev–Trinajstić information content (AvgIpc) is 2.51. The lowest BCUT2D eigenvalue weighted by atomic mass is 9.93. The van der Waals surface area contributed by atoms with Crippen LogP contribution in [0.2, 0.25) is 0 Å². The summed E-state index contributed by atoms with van der Waals surface area (Å²) in [5.41, 5.74) is -2.52. The summed E-state index contributed by atoms with van der Waals surface area (Å²) in [5.74, 6) is -25.4. The number of carbonyl (C=O) groups is 2. The van der Waals surface area contributed by atoms with Crippen molar-refractivity contribution in [2.75, 3.05) is 7.11 Å². The number of alkyl halides is 9. The molecule has 0 amide bonds. The molecule has 1 aromatic rings. The fourth-order valence-corrected chi connectivity index (χ4v) is 1.66. The van der Waals surface area contributed by atoms with Crippen molar-refractivity contribution in [3.63, 3.8) is 0 Å². The van der Waals surface area contributed by atoms with Crippen LogP contribution in [0.5, 0.6) is 0 Å². The van der Waals surface area contributed by atoms with Crippen LogP contribution in [0.25, 0.3) is 0 Å². The van der Waals surface area contributed by atoms with Gasteiger partial charge in [-0.1, -0.05) is 18.2 Å². The van der Waals surface area contributed by atoms with Crippen molar-refractivity contribution in [2.24, 2.45) is 0 Å². The summed E-state index contributed by atoms with van der Waals surface area (Å²) < 4.78 is 120. The van der Waals surface area contributed by atoms with Gasteiger partial charge in [-0.05, 0) is 6.07 Å². The summed E-state index contributed by atoms with van der Waals surface area (Å²) in [5, 5.41) is 0. The van der Waals surface area contributed by atoms with Gasteiger partial charge in [0.15, 0.2) is 0 Å². The van der Waals surface area contributed by atoms with Crippen LogP contribution in [-0.4, -0.2) is 42.8 Å². The van der Waals surface area contributed by atoms with Gasteiger partial charge in [0.05, 0.1) is 12.7 Å². The van der Waals surface area contributed by atoms with E-state index in [0.29, 0.717) is 12.1 Å². The summed E-state index contributed by atoms with van der Waals surface area (Å²) in [6.07, 6.45) is -7.05. The summed E-state index contributed by atoms with van der Waals surface area (Å²) in [4.78, 5) is 22.9. The van der Waals surface area contributed by atoms with Crippen LogP contribution >= 0.6 is 0 Å². The van der Waals surface area contributed by atoms with E-state index in [1.54, 1.807) is 0 Å². The van der Waals surface area contributed by atoms with Crippen molar-refractivity contribution >= 4 is 11.8 Å². The van der Waals surface area contributed by atoms with Gasteiger partial charge >= 0.3 is 29.9 Å². The summed E-state index contributed by atoms with van der Waals surface area (Å²) >= 11 is 0. The van der Waals surface area contributed by atoms with Crippen LogP contribution < -0.4 is 0 Å². The molecule has 140 valence electrons. The van der Waals surface area contributed by atoms with E-state index >= 15 is 0 Å². The van der Waals surface area contributed by atoms with Gasteiger partial charge in [0.1, 0.15) is 0 Å². The summed E-state index contributed by atoms with van der Waals surface area (Å²) in [6.45, 7) is 0. The number of hydrogen-bond donors (Lipinski definition) is 0. The van der Waals surface area contributed by atoms with Crippen LogP contribution in [0.4, 0.5) is 39.5 Å². The molecule has 0 heterocycles. The Labute approximate surface area is 133 Å². The monoisotopic (exact) mass is 382 g/mol. The molecule has 0 spiro atoms. The zero-order chi connectivity index (χ0) is 19.8. The topological polar surface area (TPSA) is 43.4 Å². The molecule has 0 atom stereocenters. The Bertz CT molecular complexity index is 680. The van der Waals surface area contributed by atoms with Gasteiger partial charge in [0.2, 0.25) is 5.78 Å². The first-order valence-corrected chi connectivity index (χ1v) is 6.05. The number of methoxy groups -OCH3 is 1. The molecule has 12 heteroatoms. The molecule has 0 fully saturated rings. The highest BCUT2D eigenvalue weighted by Gasteiger charge is 2.83. The van der Waals surface area contributed by atoms with Crippen LogP contribution in [0.15, 0.2) is 24.3 Å². The Balaban J connectivity index is 3.50. The second-order valence-corrected chi connectivity index (χ2v) is 4.59. The second-order valence-electron chi connectivity index (χ2n) is 4.59. The van der Waals surface area contributed by atoms with E-state index in [2.05, 4.69) is 4.74 Å². The number of Topliss-reactive ketones (excluding diaryl/α,β-unsaturated/α-hetero) is 1. The van der Waals surface area contributed by atoms with Crippen molar-refractivity contribution in [1.29, 1.82) is 0 Å². The smallest absolute Gasteiger partial charge is 0.460 e. The zero-order valence-corrected chi connectivity index (χ0v) is 11.9. The number of benzene rings is 1. The van der Waals surface area contributed by atoms with E-state index in [1.807, 2.05) is 0 Å². The quantitative estimate of drug-likeness (QED) is 0.437. The van der Waals surface area contributed by atoms with Gasteiger partial charge in [-0.15, -0.1) is 0 Å². The number of carbonyl (C=O) groups excluding carboxylic acids is 2. The molecule has 0 aliphatic rings. The molecule has 0 aliphatic carbocycles. The zero-order valence-electron chi connectivity index (χ0n) is 11.9. The minimum atomic E-state index is -7.21. The Morgan fingerprint density at radius 1 is 0.800 bits per heavy atom. The third-order valence-electron chi connectivity index (χ3n) is 3.01.